The fourth-order valence-corrected chi connectivity index (χ4v) is 1.67. The first-order valence-corrected chi connectivity index (χ1v) is 5.66. The molecule has 1 atom stereocenters. The minimum atomic E-state index is 0.0908. The van der Waals surface area contributed by atoms with Crippen LogP contribution in [0.4, 0.5) is 0 Å². The highest BCUT2D eigenvalue weighted by Crippen LogP contribution is 2.12. The van der Waals surface area contributed by atoms with Gasteiger partial charge in [-0.25, -0.2) is 0 Å². The van der Waals surface area contributed by atoms with Gasteiger partial charge in [0, 0.05) is 25.2 Å². The molecule has 1 heterocycles. The van der Waals surface area contributed by atoms with Gasteiger partial charge in [0.2, 0.25) is 5.91 Å². The first-order chi connectivity index (χ1) is 6.94. The minimum Gasteiger partial charge on any atom is -0.342 e. The maximum absolute atomic E-state index is 11.7. The zero-order valence-corrected chi connectivity index (χ0v) is 10.3. The Morgan fingerprint density at radius 2 is 2.27 bits per heavy atom. The van der Waals surface area contributed by atoms with Crippen molar-refractivity contribution in [2.75, 3.05) is 26.7 Å². The number of nitrogens with zero attached hydrogens (tertiary/aromatic N) is 1. The molecule has 1 aliphatic heterocycles. The molecule has 1 fully saturated rings. The summed E-state index contributed by atoms with van der Waals surface area (Å²) in [4.78, 5) is 13.5. The lowest BCUT2D eigenvalue weighted by molar-refractivity contribution is -0.130. The quantitative estimate of drug-likeness (QED) is 0.701. The number of hydrogen-bond donors (Lipinski definition) is 2. The summed E-state index contributed by atoms with van der Waals surface area (Å²) in [5.74, 6) is 0.165. The van der Waals surface area contributed by atoms with Crippen molar-refractivity contribution in [1.82, 2.24) is 15.5 Å². The van der Waals surface area contributed by atoms with Crippen LogP contribution in [0.3, 0.4) is 0 Å². The van der Waals surface area contributed by atoms with Crippen LogP contribution in [0.25, 0.3) is 0 Å². The van der Waals surface area contributed by atoms with E-state index in [1.165, 1.54) is 0 Å². The summed E-state index contributed by atoms with van der Waals surface area (Å²) >= 11 is 0. The van der Waals surface area contributed by atoms with Crippen LogP contribution in [-0.2, 0) is 4.79 Å². The summed E-state index contributed by atoms with van der Waals surface area (Å²) in [7, 11) is 1.85. The third-order valence-corrected chi connectivity index (χ3v) is 3.20. The van der Waals surface area contributed by atoms with Crippen molar-refractivity contribution in [2.24, 2.45) is 0 Å². The van der Waals surface area contributed by atoms with Crippen LogP contribution in [0.5, 0.6) is 0 Å². The molecule has 1 rings (SSSR count). The highest BCUT2D eigenvalue weighted by Gasteiger charge is 2.28. The van der Waals surface area contributed by atoms with Gasteiger partial charge in [0.05, 0.1) is 6.54 Å². The zero-order valence-electron chi connectivity index (χ0n) is 10.3. The van der Waals surface area contributed by atoms with Gasteiger partial charge in [-0.15, -0.1) is 0 Å². The van der Waals surface area contributed by atoms with E-state index in [0.29, 0.717) is 6.54 Å². The molecule has 4 nitrogen and oxygen atoms in total. The lowest BCUT2D eigenvalue weighted by atomic mass is 10.0. The minimum absolute atomic E-state index is 0.0908. The molecule has 2 N–H and O–H groups in total. The number of hydrogen-bond acceptors (Lipinski definition) is 3. The van der Waals surface area contributed by atoms with Gasteiger partial charge in [-0.1, -0.05) is 0 Å². The normalized spacial score (nSPS) is 25.9. The zero-order chi connectivity index (χ0) is 11.5. The van der Waals surface area contributed by atoms with Crippen molar-refractivity contribution < 1.29 is 4.79 Å². The molecule has 0 radical (unpaired) electrons. The fourth-order valence-electron chi connectivity index (χ4n) is 1.67. The van der Waals surface area contributed by atoms with E-state index in [1.54, 1.807) is 4.90 Å². The van der Waals surface area contributed by atoms with E-state index in [2.05, 4.69) is 17.6 Å². The summed E-state index contributed by atoms with van der Waals surface area (Å²) in [6.45, 7) is 8.64. The van der Waals surface area contributed by atoms with Gasteiger partial charge in [-0.3, -0.25) is 4.79 Å². The Morgan fingerprint density at radius 3 is 2.73 bits per heavy atom. The van der Waals surface area contributed by atoms with Crippen LogP contribution in [-0.4, -0.2) is 49.1 Å². The second-order valence-electron chi connectivity index (χ2n) is 4.94. The van der Waals surface area contributed by atoms with Crippen molar-refractivity contribution >= 4 is 5.91 Å². The van der Waals surface area contributed by atoms with E-state index in [-0.39, 0.29) is 17.5 Å². The van der Waals surface area contributed by atoms with E-state index >= 15 is 0 Å². The average Bonchev–Trinajstić information content (AvgIpc) is 2.61. The van der Waals surface area contributed by atoms with Crippen molar-refractivity contribution in [3.05, 3.63) is 0 Å². The molecule has 1 saturated heterocycles. The summed E-state index contributed by atoms with van der Waals surface area (Å²) in [6.07, 6.45) is 1.09. The standard InChI is InChI=1S/C11H23N3O/c1-9(2)14(4)10(15)7-13-11(3)5-6-12-8-11/h9,12-13H,5-8H2,1-4H3. The number of rotatable bonds is 4. The second kappa shape index (κ2) is 4.94. The summed E-state index contributed by atoms with van der Waals surface area (Å²) in [5.41, 5.74) is 0.0908. The number of nitrogens with one attached hydrogen (secondary N) is 2. The molecule has 1 aliphatic rings. The predicted molar refractivity (Wildman–Crippen MR) is 61.8 cm³/mol. The number of carbonyl (C=O) groups excluding carboxylic acids is 1. The Kier molecular flexibility index (Phi) is 4.11. The van der Waals surface area contributed by atoms with Crippen molar-refractivity contribution in [1.29, 1.82) is 0 Å². The maximum Gasteiger partial charge on any atom is 0.236 e. The molecule has 1 unspecified atom stereocenters. The largest absolute Gasteiger partial charge is 0.342 e. The van der Waals surface area contributed by atoms with Crippen LogP contribution < -0.4 is 10.6 Å². The highest BCUT2D eigenvalue weighted by atomic mass is 16.2. The second-order valence-corrected chi connectivity index (χ2v) is 4.94. The molecular formula is C11H23N3O. The van der Waals surface area contributed by atoms with Gasteiger partial charge in [-0.2, -0.15) is 0 Å². The highest BCUT2D eigenvalue weighted by molar-refractivity contribution is 5.78. The average molecular weight is 213 g/mol. The monoisotopic (exact) mass is 213 g/mol. The lowest BCUT2D eigenvalue weighted by Crippen LogP contribution is -2.49. The Labute approximate surface area is 92.4 Å². The molecule has 0 spiro atoms. The van der Waals surface area contributed by atoms with E-state index in [0.717, 1.165) is 19.5 Å². The molecule has 15 heavy (non-hydrogen) atoms. The van der Waals surface area contributed by atoms with Crippen molar-refractivity contribution in [3.63, 3.8) is 0 Å². The number of amides is 1. The molecule has 4 heteroatoms. The van der Waals surface area contributed by atoms with Crippen LogP contribution in [0.2, 0.25) is 0 Å². The Hall–Kier alpha value is -0.610. The summed E-state index contributed by atoms with van der Waals surface area (Å²) in [6, 6.07) is 0.272. The van der Waals surface area contributed by atoms with E-state index in [1.807, 2.05) is 20.9 Å². The summed E-state index contributed by atoms with van der Waals surface area (Å²) in [5, 5.41) is 6.64. The molecule has 1 amide bonds. The van der Waals surface area contributed by atoms with E-state index in [4.69, 9.17) is 0 Å². The number of carbonyl (C=O) groups is 1. The lowest BCUT2D eigenvalue weighted by Gasteiger charge is -2.27. The smallest absolute Gasteiger partial charge is 0.236 e. The molecule has 0 saturated carbocycles. The van der Waals surface area contributed by atoms with Gasteiger partial charge in [0.15, 0.2) is 0 Å². The molecule has 0 bridgehead atoms. The maximum atomic E-state index is 11.7. The van der Waals surface area contributed by atoms with Crippen LogP contribution in [0.1, 0.15) is 27.2 Å². The van der Waals surface area contributed by atoms with Gasteiger partial charge in [-0.05, 0) is 33.7 Å². The van der Waals surface area contributed by atoms with Gasteiger partial charge < -0.3 is 15.5 Å². The first-order valence-electron chi connectivity index (χ1n) is 5.66. The van der Waals surface area contributed by atoms with Crippen molar-refractivity contribution in [2.45, 2.75) is 38.8 Å². The third kappa shape index (κ3) is 3.47. The van der Waals surface area contributed by atoms with Gasteiger partial charge in [0.25, 0.3) is 0 Å². The summed E-state index contributed by atoms with van der Waals surface area (Å²) < 4.78 is 0. The fraction of sp³-hybridized carbons (Fsp3) is 0.909. The first kappa shape index (κ1) is 12.5. The van der Waals surface area contributed by atoms with Crippen LogP contribution in [0, 0.1) is 0 Å². The Morgan fingerprint density at radius 1 is 1.60 bits per heavy atom. The van der Waals surface area contributed by atoms with Gasteiger partial charge in [0.1, 0.15) is 0 Å². The molecule has 0 aromatic rings. The molecule has 88 valence electrons. The van der Waals surface area contributed by atoms with E-state index < -0.39 is 0 Å². The SMILES string of the molecule is CC(C)N(C)C(=O)CNC1(C)CCNC1. The van der Waals surface area contributed by atoms with Gasteiger partial charge >= 0.3 is 0 Å². The van der Waals surface area contributed by atoms with Crippen LogP contribution >= 0.6 is 0 Å². The third-order valence-electron chi connectivity index (χ3n) is 3.20. The molecule has 0 aliphatic carbocycles. The predicted octanol–water partition coefficient (Wildman–Crippen LogP) is 0.195. The Balaban J connectivity index is 2.33. The van der Waals surface area contributed by atoms with Crippen LogP contribution in [0.15, 0.2) is 0 Å². The van der Waals surface area contributed by atoms with Crippen molar-refractivity contribution in [3.8, 4) is 0 Å². The topological polar surface area (TPSA) is 44.4 Å². The molecule has 0 aromatic heterocycles. The number of likely N-dealkylation sites (N-methyl/N-ethyl adjacent to an activating group) is 1. The molecule has 0 aromatic carbocycles. The van der Waals surface area contributed by atoms with E-state index in [9.17, 15) is 4.79 Å². The molecular weight excluding hydrogens is 190 g/mol. The Bertz CT molecular complexity index is 222.